The minimum Gasteiger partial charge on any atom is -0.294 e. The summed E-state index contributed by atoms with van der Waals surface area (Å²) in [5.41, 5.74) is 3.33. The zero-order chi connectivity index (χ0) is 18.8. The number of aliphatic imine (C=N–C) groups is 1. The summed E-state index contributed by atoms with van der Waals surface area (Å²) in [6.45, 7) is 13.4. The highest BCUT2D eigenvalue weighted by molar-refractivity contribution is 8.03. The maximum absolute atomic E-state index is 12.2. The second-order valence-electron chi connectivity index (χ2n) is 5.37. The van der Waals surface area contributed by atoms with Crippen LogP contribution in [0, 0.1) is 6.92 Å². The van der Waals surface area contributed by atoms with Crippen LogP contribution in [0.3, 0.4) is 0 Å². The van der Waals surface area contributed by atoms with Gasteiger partial charge in [0.25, 0.3) is 0 Å². The molecule has 2 nitrogen and oxygen atoms in total. The van der Waals surface area contributed by atoms with Crippen LogP contribution in [-0.2, 0) is 4.79 Å². The molecule has 0 aliphatic rings. The first kappa shape index (κ1) is 20.7. The quantitative estimate of drug-likeness (QED) is 0.253. The molecule has 0 bridgehead atoms. The summed E-state index contributed by atoms with van der Waals surface area (Å²) in [6, 6.07) is 8.05. The molecule has 3 heteroatoms. The first-order valence-corrected chi connectivity index (χ1v) is 8.84. The zero-order valence-electron chi connectivity index (χ0n) is 15.4. The summed E-state index contributed by atoms with van der Waals surface area (Å²) in [4.78, 5) is 18.3. The number of allylic oxidation sites excluding steroid dienone is 7. The molecule has 0 N–H and O–H groups in total. The standard InChI is InChI=1S/C22H25NOS/c1-7-11-19(12-8-2)21(23-6)15-20(17(4)24)18(5)25-22-14-10-9-13-16(22)3/h7-15H,1,5H2,2-4,6H3/b12-8-,19-11+,20-15+,23-21?. The normalized spacial score (nSPS) is 13.2. The third kappa shape index (κ3) is 6.20. The summed E-state index contributed by atoms with van der Waals surface area (Å²) in [5.74, 6) is -0.0364. The van der Waals surface area contributed by atoms with E-state index < -0.39 is 0 Å². The average Bonchev–Trinajstić information content (AvgIpc) is 2.57. The van der Waals surface area contributed by atoms with Crippen molar-refractivity contribution in [3.63, 3.8) is 0 Å². The van der Waals surface area contributed by atoms with Crippen LogP contribution in [0.5, 0.6) is 0 Å². The molecule has 1 aromatic rings. The molecule has 130 valence electrons. The van der Waals surface area contributed by atoms with Crippen LogP contribution in [0.4, 0.5) is 0 Å². The average molecular weight is 352 g/mol. The maximum atomic E-state index is 12.2. The van der Waals surface area contributed by atoms with Crippen molar-refractivity contribution in [3.05, 3.63) is 89.4 Å². The van der Waals surface area contributed by atoms with E-state index in [0.717, 1.165) is 21.7 Å². The summed E-state index contributed by atoms with van der Waals surface area (Å²) in [7, 11) is 1.71. The van der Waals surface area contributed by atoms with Gasteiger partial charge in [-0.25, -0.2) is 0 Å². The SMILES string of the molecule is C=C/C=C(\C=C/C)C(/C=C(/C(=C)Sc1ccccc1C)C(C)=O)=NC. The number of thioether (sulfide) groups is 1. The van der Waals surface area contributed by atoms with Crippen LogP contribution in [0.15, 0.2) is 93.7 Å². The van der Waals surface area contributed by atoms with E-state index in [2.05, 4.69) is 18.2 Å². The second kappa shape index (κ2) is 10.5. The van der Waals surface area contributed by atoms with E-state index in [0.29, 0.717) is 10.5 Å². The van der Waals surface area contributed by atoms with Crippen molar-refractivity contribution < 1.29 is 4.79 Å². The lowest BCUT2D eigenvalue weighted by molar-refractivity contribution is -0.113. The number of rotatable bonds is 8. The lowest BCUT2D eigenvalue weighted by Crippen LogP contribution is -2.05. The third-order valence-corrected chi connectivity index (χ3v) is 4.61. The number of benzene rings is 1. The first-order chi connectivity index (χ1) is 11.9. The Bertz CT molecular complexity index is 779. The van der Waals surface area contributed by atoms with E-state index in [4.69, 9.17) is 0 Å². The predicted octanol–water partition coefficient (Wildman–Crippen LogP) is 5.88. The Balaban J connectivity index is 3.25. The Morgan fingerprint density at radius 1 is 1.28 bits per heavy atom. The molecule has 0 unspecified atom stereocenters. The zero-order valence-corrected chi connectivity index (χ0v) is 16.2. The lowest BCUT2D eigenvalue weighted by atomic mass is 10.0. The number of carbonyl (C=O) groups excluding carboxylic acids is 1. The Labute approximate surface area is 155 Å². The Morgan fingerprint density at radius 3 is 2.48 bits per heavy atom. The van der Waals surface area contributed by atoms with E-state index in [-0.39, 0.29) is 5.78 Å². The molecule has 0 saturated heterocycles. The molecular weight excluding hydrogens is 326 g/mol. The number of hydrogen-bond acceptors (Lipinski definition) is 3. The van der Waals surface area contributed by atoms with E-state index in [1.54, 1.807) is 26.1 Å². The molecule has 0 aromatic heterocycles. The third-order valence-electron chi connectivity index (χ3n) is 3.47. The van der Waals surface area contributed by atoms with Crippen molar-refractivity contribution in [1.29, 1.82) is 0 Å². The number of nitrogens with zero attached hydrogens (tertiary/aromatic N) is 1. The Morgan fingerprint density at radius 2 is 1.96 bits per heavy atom. The van der Waals surface area contributed by atoms with Gasteiger partial charge in [-0.15, -0.1) is 0 Å². The van der Waals surface area contributed by atoms with Crippen molar-refractivity contribution in [3.8, 4) is 0 Å². The summed E-state index contributed by atoms with van der Waals surface area (Å²) in [6.07, 6.45) is 9.24. The highest BCUT2D eigenvalue weighted by atomic mass is 32.2. The van der Waals surface area contributed by atoms with Gasteiger partial charge in [-0.3, -0.25) is 9.79 Å². The molecule has 0 atom stereocenters. The summed E-state index contributed by atoms with van der Waals surface area (Å²) < 4.78 is 0. The fourth-order valence-electron chi connectivity index (χ4n) is 2.18. The number of aryl methyl sites for hydroxylation is 1. The molecule has 0 fully saturated rings. The van der Waals surface area contributed by atoms with Gasteiger partial charge in [-0.05, 0) is 44.1 Å². The van der Waals surface area contributed by atoms with Gasteiger partial charge in [-0.1, -0.05) is 67.4 Å². The van der Waals surface area contributed by atoms with Crippen molar-refractivity contribution in [2.24, 2.45) is 4.99 Å². The van der Waals surface area contributed by atoms with E-state index >= 15 is 0 Å². The van der Waals surface area contributed by atoms with Crippen molar-refractivity contribution in [2.75, 3.05) is 7.05 Å². The van der Waals surface area contributed by atoms with E-state index in [1.165, 1.54) is 11.8 Å². The Hall–Kier alpha value is -2.39. The number of hydrogen-bond donors (Lipinski definition) is 0. The highest BCUT2D eigenvalue weighted by Crippen LogP contribution is 2.33. The van der Waals surface area contributed by atoms with Gasteiger partial charge in [0, 0.05) is 22.4 Å². The maximum Gasteiger partial charge on any atom is 0.160 e. The van der Waals surface area contributed by atoms with Gasteiger partial charge in [0.05, 0.1) is 5.71 Å². The van der Waals surface area contributed by atoms with Crippen molar-refractivity contribution in [2.45, 2.75) is 25.7 Å². The largest absolute Gasteiger partial charge is 0.294 e. The van der Waals surface area contributed by atoms with Crippen LogP contribution in [0.2, 0.25) is 0 Å². The van der Waals surface area contributed by atoms with Crippen LogP contribution in [0.25, 0.3) is 0 Å². The van der Waals surface area contributed by atoms with Crippen LogP contribution in [-0.4, -0.2) is 18.5 Å². The smallest absolute Gasteiger partial charge is 0.160 e. The van der Waals surface area contributed by atoms with Gasteiger partial charge in [0.1, 0.15) is 0 Å². The van der Waals surface area contributed by atoms with E-state index in [1.807, 2.05) is 56.3 Å². The summed E-state index contributed by atoms with van der Waals surface area (Å²) in [5, 5.41) is 0. The molecule has 0 aliphatic heterocycles. The van der Waals surface area contributed by atoms with Crippen LogP contribution >= 0.6 is 11.8 Å². The molecule has 0 spiro atoms. The van der Waals surface area contributed by atoms with Crippen molar-refractivity contribution in [1.82, 2.24) is 0 Å². The number of Topliss-reactive ketones (excluding diaryl/α,β-unsaturated/α-hetero) is 1. The lowest BCUT2D eigenvalue weighted by Gasteiger charge is -2.11. The number of ketones is 1. The number of carbonyl (C=O) groups is 1. The van der Waals surface area contributed by atoms with Gasteiger partial charge >= 0.3 is 0 Å². The van der Waals surface area contributed by atoms with Gasteiger partial charge < -0.3 is 0 Å². The second-order valence-corrected chi connectivity index (χ2v) is 6.51. The fraction of sp³-hybridized carbons (Fsp3) is 0.182. The monoisotopic (exact) mass is 351 g/mol. The molecule has 0 radical (unpaired) electrons. The topological polar surface area (TPSA) is 29.4 Å². The van der Waals surface area contributed by atoms with Gasteiger partial charge in [0.2, 0.25) is 0 Å². The van der Waals surface area contributed by atoms with Crippen LogP contribution in [0.1, 0.15) is 19.4 Å². The molecule has 0 saturated carbocycles. The Kier molecular flexibility index (Phi) is 8.65. The minimum atomic E-state index is -0.0364. The highest BCUT2D eigenvalue weighted by Gasteiger charge is 2.13. The summed E-state index contributed by atoms with van der Waals surface area (Å²) >= 11 is 1.50. The first-order valence-electron chi connectivity index (χ1n) is 8.02. The van der Waals surface area contributed by atoms with E-state index in [9.17, 15) is 4.79 Å². The molecular formula is C22H25NOS. The van der Waals surface area contributed by atoms with Gasteiger partial charge in [-0.2, -0.15) is 0 Å². The molecule has 0 amide bonds. The molecule has 0 aliphatic carbocycles. The molecule has 1 rings (SSSR count). The van der Waals surface area contributed by atoms with Gasteiger partial charge in [0.15, 0.2) is 5.78 Å². The molecule has 25 heavy (non-hydrogen) atoms. The molecule has 0 heterocycles. The van der Waals surface area contributed by atoms with Crippen LogP contribution < -0.4 is 0 Å². The minimum absolute atomic E-state index is 0.0364. The van der Waals surface area contributed by atoms with Crippen molar-refractivity contribution >= 4 is 23.3 Å². The molecule has 1 aromatic carbocycles. The predicted molar refractivity (Wildman–Crippen MR) is 111 cm³/mol. The fourth-order valence-corrected chi connectivity index (χ4v) is 3.14.